The molecular formula is C11H15NO5S. The molecule has 0 amide bonds. The van der Waals surface area contributed by atoms with Crippen LogP contribution >= 0.6 is 0 Å². The smallest absolute Gasteiger partial charge is 0.358 e. The van der Waals surface area contributed by atoms with E-state index < -0.39 is 15.8 Å². The molecular weight excluding hydrogens is 258 g/mol. The van der Waals surface area contributed by atoms with Gasteiger partial charge in [-0.2, -0.15) is 0 Å². The van der Waals surface area contributed by atoms with Crippen LogP contribution < -0.4 is 4.74 Å². The maximum Gasteiger partial charge on any atom is 0.358 e. The van der Waals surface area contributed by atoms with E-state index >= 15 is 0 Å². The summed E-state index contributed by atoms with van der Waals surface area (Å²) in [4.78, 5) is 14.8. The number of rotatable bonds is 6. The summed E-state index contributed by atoms with van der Waals surface area (Å²) >= 11 is 0. The number of pyridine rings is 1. The van der Waals surface area contributed by atoms with Crippen LogP contribution in [0.25, 0.3) is 0 Å². The number of ether oxygens (including phenoxy) is 1. The van der Waals surface area contributed by atoms with E-state index in [0.717, 1.165) is 6.26 Å². The average molecular weight is 273 g/mol. The van der Waals surface area contributed by atoms with E-state index in [0.29, 0.717) is 12.1 Å². The van der Waals surface area contributed by atoms with Crippen molar-refractivity contribution in [3.63, 3.8) is 0 Å². The monoisotopic (exact) mass is 273 g/mol. The van der Waals surface area contributed by atoms with Gasteiger partial charge in [0.15, 0.2) is 11.4 Å². The molecule has 0 saturated heterocycles. The lowest BCUT2D eigenvalue weighted by Gasteiger charge is -2.08. The van der Waals surface area contributed by atoms with E-state index in [4.69, 9.17) is 9.84 Å². The van der Waals surface area contributed by atoms with Gasteiger partial charge >= 0.3 is 5.97 Å². The fourth-order valence-electron chi connectivity index (χ4n) is 1.32. The Hall–Kier alpha value is -1.63. The van der Waals surface area contributed by atoms with Gasteiger partial charge in [-0.1, -0.05) is 0 Å². The van der Waals surface area contributed by atoms with Gasteiger partial charge in [-0.15, -0.1) is 0 Å². The van der Waals surface area contributed by atoms with Crippen LogP contribution in [0.4, 0.5) is 0 Å². The zero-order valence-corrected chi connectivity index (χ0v) is 11.0. The van der Waals surface area contributed by atoms with E-state index in [1.807, 2.05) is 0 Å². The van der Waals surface area contributed by atoms with Crippen molar-refractivity contribution in [2.75, 3.05) is 18.6 Å². The number of aryl methyl sites for hydroxylation is 1. The van der Waals surface area contributed by atoms with E-state index in [1.165, 1.54) is 6.07 Å². The molecule has 1 aromatic rings. The van der Waals surface area contributed by atoms with Crippen molar-refractivity contribution < 1.29 is 23.1 Å². The van der Waals surface area contributed by atoms with Gasteiger partial charge in [0.2, 0.25) is 0 Å². The summed E-state index contributed by atoms with van der Waals surface area (Å²) in [6.45, 7) is 1.82. The molecule has 1 rings (SSSR count). The van der Waals surface area contributed by atoms with Crippen LogP contribution in [-0.2, 0) is 9.84 Å². The van der Waals surface area contributed by atoms with Crippen molar-refractivity contribution in [2.45, 2.75) is 13.3 Å². The van der Waals surface area contributed by atoms with Gasteiger partial charge in [0, 0.05) is 11.9 Å². The third-order valence-electron chi connectivity index (χ3n) is 2.12. The minimum Gasteiger partial charge on any atom is -0.491 e. The summed E-state index contributed by atoms with van der Waals surface area (Å²) in [6, 6.07) is 3.16. The Bertz CT molecular complexity index is 538. The molecule has 0 aliphatic carbocycles. The normalized spacial score (nSPS) is 11.2. The molecule has 1 N–H and O–H groups in total. The van der Waals surface area contributed by atoms with Crippen LogP contribution in [0.1, 0.15) is 22.6 Å². The molecule has 6 nitrogen and oxygen atoms in total. The number of sulfone groups is 1. The van der Waals surface area contributed by atoms with E-state index in [1.54, 1.807) is 13.0 Å². The molecule has 7 heteroatoms. The van der Waals surface area contributed by atoms with Gasteiger partial charge in [0.25, 0.3) is 0 Å². The maximum atomic E-state index is 10.9. The predicted octanol–water partition coefficient (Wildman–Crippen LogP) is 0.902. The largest absolute Gasteiger partial charge is 0.491 e. The van der Waals surface area contributed by atoms with Gasteiger partial charge < -0.3 is 9.84 Å². The highest BCUT2D eigenvalue weighted by molar-refractivity contribution is 7.90. The Morgan fingerprint density at radius 3 is 2.67 bits per heavy atom. The minimum absolute atomic E-state index is 0.00863. The highest BCUT2D eigenvalue weighted by atomic mass is 32.2. The summed E-state index contributed by atoms with van der Waals surface area (Å²) in [5.41, 5.74) is 0.422. The number of carboxylic acids is 1. The molecule has 0 fully saturated rings. The zero-order valence-electron chi connectivity index (χ0n) is 10.2. The van der Waals surface area contributed by atoms with Crippen molar-refractivity contribution in [3.8, 4) is 5.75 Å². The quantitative estimate of drug-likeness (QED) is 0.774. The number of aromatic carboxylic acids is 1. The average Bonchev–Trinajstić information content (AvgIpc) is 2.24. The van der Waals surface area contributed by atoms with Crippen molar-refractivity contribution in [1.29, 1.82) is 0 Å². The molecule has 0 saturated carbocycles. The molecule has 0 radical (unpaired) electrons. The summed E-state index contributed by atoms with van der Waals surface area (Å²) in [6.07, 6.45) is 1.45. The van der Waals surface area contributed by atoms with Crippen LogP contribution in [-0.4, -0.2) is 43.1 Å². The SMILES string of the molecule is Cc1ccc(OCCCS(C)(=O)=O)c(C(=O)O)n1. The second-order valence-corrected chi connectivity index (χ2v) is 6.20. The lowest BCUT2D eigenvalue weighted by atomic mass is 10.3. The Kier molecular flexibility index (Phi) is 4.66. The lowest BCUT2D eigenvalue weighted by Crippen LogP contribution is -2.11. The van der Waals surface area contributed by atoms with Crippen LogP contribution in [0.2, 0.25) is 0 Å². The molecule has 0 spiro atoms. The number of aromatic nitrogens is 1. The molecule has 100 valence electrons. The molecule has 0 aliphatic heterocycles. The molecule has 0 aliphatic rings. The molecule has 18 heavy (non-hydrogen) atoms. The second-order valence-electron chi connectivity index (χ2n) is 3.94. The Balaban J connectivity index is 2.65. The Morgan fingerprint density at radius 2 is 2.11 bits per heavy atom. The number of hydrogen-bond donors (Lipinski definition) is 1. The Labute approximate surface area is 106 Å². The standard InChI is InChI=1S/C11H15NO5S/c1-8-4-5-9(10(12-8)11(13)14)17-6-3-7-18(2,15)16/h4-5H,3,6-7H2,1-2H3,(H,13,14). The first kappa shape index (κ1) is 14.4. The number of carbonyl (C=O) groups is 1. The molecule has 1 aromatic heterocycles. The van der Waals surface area contributed by atoms with Gasteiger partial charge in [0.1, 0.15) is 9.84 Å². The summed E-state index contributed by atoms with van der Waals surface area (Å²) in [5.74, 6) is -1.01. The van der Waals surface area contributed by atoms with Crippen molar-refractivity contribution in [1.82, 2.24) is 4.98 Å². The van der Waals surface area contributed by atoms with Crippen molar-refractivity contribution in [3.05, 3.63) is 23.5 Å². The highest BCUT2D eigenvalue weighted by Crippen LogP contribution is 2.17. The van der Waals surface area contributed by atoms with Gasteiger partial charge in [0.05, 0.1) is 12.4 Å². The minimum atomic E-state index is -3.02. The van der Waals surface area contributed by atoms with E-state index in [9.17, 15) is 13.2 Å². The molecule has 1 heterocycles. The number of carboxylic acid groups (broad SMARTS) is 1. The molecule has 0 unspecified atom stereocenters. The zero-order chi connectivity index (χ0) is 13.8. The van der Waals surface area contributed by atoms with Crippen LogP contribution in [0.15, 0.2) is 12.1 Å². The fourth-order valence-corrected chi connectivity index (χ4v) is 1.96. The van der Waals surface area contributed by atoms with E-state index in [2.05, 4.69) is 4.98 Å². The van der Waals surface area contributed by atoms with Crippen LogP contribution in [0.5, 0.6) is 5.75 Å². The molecule has 0 aromatic carbocycles. The van der Waals surface area contributed by atoms with Crippen LogP contribution in [0.3, 0.4) is 0 Å². The fraction of sp³-hybridized carbons (Fsp3) is 0.455. The Morgan fingerprint density at radius 1 is 1.44 bits per heavy atom. The molecule has 0 atom stereocenters. The van der Waals surface area contributed by atoms with Crippen LogP contribution in [0, 0.1) is 6.92 Å². The summed E-state index contributed by atoms with van der Waals surface area (Å²) in [5, 5.41) is 8.94. The summed E-state index contributed by atoms with van der Waals surface area (Å²) in [7, 11) is -3.02. The predicted molar refractivity (Wildman–Crippen MR) is 65.8 cm³/mol. The van der Waals surface area contributed by atoms with Crippen molar-refractivity contribution in [2.24, 2.45) is 0 Å². The first-order chi connectivity index (χ1) is 8.29. The van der Waals surface area contributed by atoms with Crippen molar-refractivity contribution >= 4 is 15.8 Å². The third-order valence-corrected chi connectivity index (χ3v) is 3.15. The third kappa shape index (κ3) is 4.70. The highest BCUT2D eigenvalue weighted by Gasteiger charge is 2.13. The second kappa shape index (κ2) is 5.81. The number of nitrogens with zero attached hydrogens (tertiary/aromatic N) is 1. The maximum absolute atomic E-state index is 10.9. The first-order valence-corrected chi connectivity index (χ1v) is 7.37. The topological polar surface area (TPSA) is 93.6 Å². The lowest BCUT2D eigenvalue weighted by molar-refractivity contribution is 0.0685. The summed E-state index contributed by atoms with van der Waals surface area (Å²) < 4.78 is 27.0. The first-order valence-electron chi connectivity index (χ1n) is 5.31. The van der Waals surface area contributed by atoms with E-state index in [-0.39, 0.29) is 23.8 Å². The molecule has 0 bridgehead atoms. The number of hydrogen-bond acceptors (Lipinski definition) is 5. The van der Waals surface area contributed by atoms with Gasteiger partial charge in [-0.25, -0.2) is 18.2 Å². The van der Waals surface area contributed by atoms with Gasteiger partial charge in [-0.05, 0) is 25.5 Å². The van der Waals surface area contributed by atoms with Gasteiger partial charge in [-0.3, -0.25) is 0 Å².